The van der Waals surface area contributed by atoms with Crippen LogP contribution in [0.5, 0.6) is 0 Å². The highest BCUT2D eigenvalue weighted by atomic mass is 16.1. The van der Waals surface area contributed by atoms with E-state index in [4.69, 9.17) is 0 Å². The van der Waals surface area contributed by atoms with Gasteiger partial charge in [0, 0.05) is 25.0 Å². The Labute approximate surface area is 124 Å². The minimum Gasteiger partial charge on any atom is -0.370 e. The maximum Gasteiger partial charge on any atom is 0.252 e. The number of hydrogen-bond acceptors (Lipinski definition) is 4. The number of pyridine rings is 1. The number of aromatic nitrogens is 3. The van der Waals surface area contributed by atoms with E-state index in [9.17, 15) is 4.79 Å². The summed E-state index contributed by atoms with van der Waals surface area (Å²) in [6, 6.07) is 3.59. The molecule has 2 aromatic heterocycles. The predicted octanol–water partition coefficient (Wildman–Crippen LogP) is 1.91. The molecule has 0 aliphatic carbocycles. The van der Waals surface area contributed by atoms with Gasteiger partial charge in [-0.2, -0.15) is 5.10 Å². The molecule has 2 heterocycles. The van der Waals surface area contributed by atoms with Crippen molar-refractivity contribution in [3.8, 4) is 0 Å². The first-order valence-electron chi connectivity index (χ1n) is 7.17. The lowest BCUT2D eigenvalue weighted by atomic mass is 10.1. The van der Waals surface area contributed by atoms with Crippen molar-refractivity contribution >= 4 is 11.7 Å². The van der Waals surface area contributed by atoms with E-state index in [1.165, 1.54) is 5.56 Å². The number of rotatable bonds is 7. The summed E-state index contributed by atoms with van der Waals surface area (Å²) in [6.07, 6.45) is 5.21. The summed E-state index contributed by atoms with van der Waals surface area (Å²) in [5, 5.41) is 12.9. The number of carbonyl (C=O) groups excluding carboxylic acids is 1. The Bertz CT molecular complexity index is 576. The number of carbonyl (C=O) groups is 1. The highest BCUT2D eigenvalue weighted by molar-refractivity contribution is 5.94. The fraction of sp³-hybridized carbons (Fsp3) is 0.400. The van der Waals surface area contributed by atoms with E-state index in [-0.39, 0.29) is 5.91 Å². The Hall–Kier alpha value is -2.37. The second-order valence-electron chi connectivity index (χ2n) is 4.84. The van der Waals surface area contributed by atoms with Gasteiger partial charge in [-0.05, 0) is 44.4 Å². The second-order valence-corrected chi connectivity index (χ2v) is 4.84. The van der Waals surface area contributed by atoms with E-state index in [0.717, 1.165) is 30.9 Å². The standard InChI is InChI=1S/C15H21N5O/c1-3-16-14-7-6-13(9-18-14)15(21)17-8-4-5-12-10-19-20-11(12)2/h6-7,9-10H,3-5,8H2,1-2H3,(H,16,18)(H,17,21)(H,19,20). The van der Waals surface area contributed by atoms with Crippen molar-refractivity contribution in [1.82, 2.24) is 20.5 Å². The molecule has 3 N–H and O–H groups in total. The Morgan fingerprint density at radius 1 is 1.33 bits per heavy atom. The van der Waals surface area contributed by atoms with Gasteiger partial charge in [0.1, 0.15) is 5.82 Å². The van der Waals surface area contributed by atoms with Crippen molar-refractivity contribution in [3.63, 3.8) is 0 Å². The number of aromatic amines is 1. The van der Waals surface area contributed by atoms with Crippen LogP contribution in [0.4, 0.5) is 5.82 Å². The van der Waals surface area contributed by atoms with Crippen LogP contribution in [0.1, 0.15) is 35.0 Å². The zero-order chi connectivity index (χ0) is 15.1. The molecule has 0 bridgehead atoms. The summed E-state index contributed by atoms with van der Waals surface area (Å²) in [5.74, 6) is 0.693. The molecule has 2 aromatic rings. The molecule has 0 aliphatic heterocycles. The molecule has 0 fully saturated rings. The topological polar surface area (TPSA) is 82.7 Å². The molecular formula is C15H21N5O. The van der Waals surface area contributed by atoms with Crippen LogP contribution < -0.4 is 10.6 Å². The fourth-order valence-electron chi connectivity index (χ4n) is 2.02. The largest absolute Gasteiger partial charge is 0.370 e. The predicted molar refractivity (Wildman–Crippen MR) is 82.4 cm³/mol. The van der Waals surface area contributed by atoms with Gasteiger partial charge >= 0.3 is 0 Å². The summed E-state index contributed by atoms with van der Waals surface area (Å²) in [5.41, 5.74) is 2.86. The van der Waals surface area contributed by atoms with Gasteiger partial charge in [-0.3, -0.25) is 9.89 Å². The van der Waals surface area contributed by atoms with Crippen LogP contribution in [0.2, 0.25) is 0 Å². The first-order valence-corrected chi connectivity index (χ1v) is 7.17. The quantitative estimate of drug-likeness (QED) is 0.679. The monoisotopic (exact) mass is 287 g/mol. The Kier molecular flexibility index (Phi) is 5.31. The maximum absolute atomic E-state index is 12.0. The van der Waals surface area contributed by atoms with Gasteiger partial charge in [0.15, 0.2) is 0 Å². The molecule has 0 aromatic carbocycles. The molecule has 2 rings (SSSR count). The first-order chi connectivity index (χ1) is 10.2. The molecule has 0 spiro atoms. The van der Waals surface area contributed by atoms with E-state index in [1.54, 1.807) is 12.3 Å². The van der Waals surface area contributed by atoms with Crippen molar-refractivity contribution in [2.75, 3.05) is 18.4 Å². The molecule has 0 unspecified atom stereocenters. The van der Waals surface area contributed by atoms with Crippen molar-refractivity contribution in [2.45, 2.75) is 26.7 Å². The van der Waals surface area contributed by atoms with Crippen LogP contribution in [0.25, 0.3) is 0 Å². The van der Waals surface area contributed by atoms with Gasteiger partial charge in [0.25, 0.3) is 5.91 Å². The van der Waals surface area contributed by atoms with Crippen LogP contribution in [-0.4, -0.2) is 34.2 Å². The average Bonchev–Trinajstić information content (AvgIpc) is 2.90. The number of aryl methyl sites for hydroxylation is 2. The zero-order valence-corrected chi connectivity index (χ0v) is 12.4. The van der Waals surface area contributed by atoms with E-state index in [2.05, 4.69) is 25.8 Å². The lowest BCUT2D eigenvalue weighted by Crippen LogP contribution is -2.25. The lowest BCUT2D eigenvalue weighted by Gasteiger charge is -2.06. The number of nitrogens with zero attached hydrogens (tertiary/aromatic N) is 2. The molecule has 21 heavy (non-hydrogen) atoms. The number of hydrogen-bond donors (Lipinski definition) is 3. The van der Waals surface area contributed by atoms with Crippen molar-refractivity contribution < 1.29 is 4.79 Å². The molecule has 0 aliphatic rings. The van der Waals surface area contributed by atoms with Gasteiger partial charge in [-0.25, -0.2) is 4.98 Å². The Balaban J connectivity index is 1.75. The molecule has 0 atom stereocenters. The molecule has 112 valence electrons. The molecule has 6 heteroatoms. The van der Waals surface area contributed by atoms with E-state index in [0.29, 0.717) is 12.1 Å². The van der Waals surface area contributed by atoms with Crippen molar-refractivity contribution in [3.05, 3.63) is 41.3 Å². The molecule has 0 saturated heterocycles. The summed E-state index contributed by atoms with van der Waals surface area (Å²) in [6.45, 7) is 5.45. The second kappa shape index (κ2) is 7.42. The van der Waals surface area contributed by atoms with E-state index in [1.807, 2.05) is 26.1 Å². The maximum atomic E-state index is 12.0. The Morgan fingerprint density at radius 3 is 2.81 bits per heavy atom. The third-order valence-corrected chi connectivity index (χ3v) is 3.23. The lowest BCUT2D eigenvalue weighted by molar-refractivity contribution is 0.0953. The third kappa shape index (κ3) is 4.30. The van der Waals surface area contributed by atoms with Gasteiger partial charge < -0.3 is 10.6 Å². The third-order valence-electron chi connectivity index (χ3n) is 3.23. The molecule has 1 amide bonds. The first kappa shape index (κ1) is 15.0. The normalized spacial score (nSPS) is 10.4. The van der Waals surface area contributed by atoms with Crippen LogP contribution >= 0.6 is 0 Å². The van der Waals surface area contributed by atoms with E-state index >= 15 is 0 Å². The highest BCUT2D eigenvalue weighted by Crippen LogP contribution is 2.06. The molecule has 0 saturated carbocycles. The van der Waals surface area contributed by atoms with Gasteiger partial charge in [0.05, 0.1) is 11.8 Å². The van der Waals surface area contributed by atoms with Crippen LogP contribution in [-0.2, 0) is 6.42 Å². The minimum absolute atomic E-state index is 0.0885. The zero-order valence-electron chi connectivity index (χ0n) is 12.4. The smallest absolute Gasteiger partial charge is 0.252 e. The summed E-state index contributed by atoms with van der Waals surface area (Å²) in [4.78, 5) is 16.1. The molecule has 6 nitrogen and oxygen atoms in total. The van der Waals surface area contributed by atoms with Crippen molar-refractivity contribution in [1.29, 1.82) is 0 Å². The van der Waals surface area contributed by atoms with E-state index < -0.39 is 0 Å². The van der Waals surface area contributed by atoms with Crippen LogP contribution in [0.3, 0.4) is 0 Å². The van der Waals surface area contributed by atoms with Crippen LogP contribution in [0.15, 0.2) is 24.5 Å². The number of nitrogens with one attached hydrogen (secondary N) is 3. The number of anilines is 1. The van der Waals surface area contributed by atoms with Crippen LogP contribution in [0, 0.1) is 6.92 Å². The van der Waals surface area contributed by atoms with Gasteiger partial charge in [-0.1, -0.05) is 0 Å². The van der Waals surface area contributed by atoms with Gasteiger partial charge in [0.2, 0.25) is 0 Å². The van der Waals surface area contributed by atoms with Gasteiger partial charge in [-0.15, -0.1) is 0 Å². The fourth-order valence-corrected chi connectivity index (χ4v) is 2.02. The summed E-state index contributed by atoms with van der Waals surface area (Å²) in [7, 11) is 0. The average molecular weight is 287 g/mol. The molecule has 0 radical (unpaired) electrons. The summed E-state index contributed by atoms with van der Waals surface area (Å²) < 4.78 is 0. The highest BCUT2D eigenvalue weighted by Gasteiger charge is 2.06. The number of amides is 1. The Morgan fingerprint density at radius 2 is 2.19 bits per heavy atom. The number of H-pyrrole nitrogens is 1. The molecular weight excluding hydrogens is 266 g/mol. The minimum atomic E-state index is -0.0885. The SMILES string of the molecule is CCNc1ccc(C(=O)NCCCc2cn[nH]c2C)cn1. The van der Waals surface area contributed by atoms with Crippen molar-refractivity contribution in [2.24, 2.45) is 0 Å². The summed E-state index contributed by atoms with van der Waals surface area (Å²) >= 11 is 0.